The second kappa shape index (κ2) is 6.99. The van der Waals surface area contributed by atoms with Gasteiger partial charge in [0.2, 0.25) is 0 Å². The number of rotatable bonds is 5. The van der Waals surface area contributed by atoms with E-state index in [4.69, 9.17) is 11.6 Å². The fraction of sp³-hybridized carbons (Fsp3) is 0.294. The van der Waals surface area contributed by atoms with Crippen LogP contribution in [0.15, 0.2) is 29.6 Å². The molecule has 0 unspecified atom stereocenters. The van der Waals surface area contributed by atoms with Gasteiger partial charge in [-0.1, -0.05) is 43.6 Å². The molecule has 1 aromatic carbocycles. The standard InChI is InChI=1S/C17H17ClN2OS2/c1-10(2)12-9-22-14(20-12)7-8-19-17(21)16-15(18)11-5-3-4-6-13(11)23-16/h3-6,9-10H,7-8H2,1-2H3,(H,19,21). The first-order valence-electron chi connectivity index (χ1n) is 7.45. The second-order valence-corrected chi connectivity index (χ2v) is 7.94. The molecule has 1 N–H and O–H groups in total. The van der Waals surface area contributed by atoms with Crippen LogP contribution < -0.4 is 5.32 Å². The van der Waals surface area contributed by atoms with Crippen molar-refractivity contribution in [3.63, 3.8) is 0 Å². The van der Waals surface area contributed by atoms with E-state index in [1.807, 2.05) is 24.3 Å². The van der Waals surface area contributed by atoms with Crippen molar-refractivity contribution in [2.75, 3.05) is 6.54 Å². The number of thiophene rings is 1. The van der Waals surface area contributed by atoms with Gasteiger partial charge in [0.05, 0.1) is 15.7 Å². The van der Waals surface area contributed by atoms with Gasteiger partial charge >= 0.3 is 0 Å². The lowest BCUT2D eigenvalue weighted by molar-refractivity contribution is 0.0958. The number of amides is 1. The Labute approximate surface area is 148 Å². The summed E-state index contributed by atoms with van der Waals surface area (Å²) in [7, 11) is 0. The Morgan fingerprint density at radius 3 is 2.83 bits per heavy atom. The first-order chi connectivity index (χ1) is 11.1. The molecule has 0 radical (unpaired) electrons. The minimum atomic E-state index is -0.114. The molecule has 0 aliphatic carbocycles. The van der Waals surface area contributed by atoms with E-state index in [0.717, 1.165) is 27.2 Å². The van der Waals surface area contributed by atoms with Crippen molar-refractivity contribution in [3.8, 4) is 0 Å². The predicted molar refractivity (Wildman–Crippen MR) is 99.1 cm³/mol. The van der Waals surface area contributed by atoms with Gasteiger partial charge in [0.15, 0.2) is 0 Å². The van der Waals surface area contributed by atoms with Crippen LogP contribution >= 0.6 is 34.3 Å². The summed E-state index contributed by atoms with van der Waals surface area (Å²) in [5, 5.41) is 7.56. The molecule has 0 bridgehead atoms. The maximum Gasteiger partial charge on any atom is 0.262 e. The number of fused-ring (bicyclic) bond motifs is 1. The topological polar surface area (TPSA) is 42.0 Å². The van der Waals surface area contributed by atoms with Crippen LogP contribution in [0.5, 0.6) is 0 Å². The fourth-order valence-electron chi connectivity index (χ4n) is 2.23. The van der Waals surface area contributed by atoms with Gasteiger partial charge in [-0.3, -0.25) is 4.79 Å². The molecule has 2 heterocycles. The Bertz CT molecular complexity index is 838. The van der Waals surface area contributed by atoms with E-state index in [1.54, 1.807) is 11.3 Å². The average Bonchev–Trinajstić information content (AvgIpc) is 3.13. The van der Waals surface area contributed by atoms with Crippen molar-refractivity contribution in [3.05, 3.63) is 50.2 Å². The highest BCUT2D eigenvalue weighted by Crippen LogP contribution is 2.34. The van der Waals surface area contributed by atoms with E-state index in [0.29, 0.717) is 22.4 Å². The number of nitrogens with zero attached hydrogens (tertiary/aromatic N) is 1. The molecule has 0 saturated heterocycles. The van der Waals surface area contributed by atoms with E-state index in [-0.39, 0.29) is 5.91 Å². The third-order valence-corrected chi connectivity index (χ3v) is 6.13. The van der Waals surface area contributed by atoms with Crippen molar-refractivity contribution < 1.29 is 4.79 Å². The lowest BCUT2D eigenvalue weighted by atomic mass is 10.2. The van der Waals surface area contributed by atoms with Crippen LogP contribution in [0.2, 0.25) is 5.02 Å². The molecule has 0 atom stereocenters. The molecule has 1 amide bonds. The Kier molecular flexibility index (Phi) is 4.99. The normalized spacial score (nSPS) is 11.3. The van der Waals surface area contributed by atoms with E-state index >= 15 is 0 Å². The van der Waals surface area contributed by atoms with Crippen molar-refractivity contribution in [2.24, 2.45) is 0 Å². The highest BCUT2D eigenvalue weighted by atomic mass is 35.5. The smallest absolute Gasteiger partial charge is 0.262 e. The van der Waals surface area contributed by atoms with Gasteiger partial charge in [-0.2, -0.15) is 0 Å². The van der Waals surface area contributed by atoms with Crippen LogP contribution in [0, 0.1) is 0 Å². The Balaban J connectivity index is 1.63. The Morgan fingerprint density at radius 2 is 2.13 bits per heavy atom. The van der Waals surface area contributed by atoms with Gasteiger partial charge in [0.25, 0.3) is 5.91 Å². The van der Waals surface area contributed by atoms with Gasteiger partial charge in [-0.15, -0.1) is 22.7 Å². The predicted octanol–water partition coefficient (Wildman–Crippen LogP) is 5.11. The summed E-state index contributed by atoms with van der Waals surface area (Å²) < 4.78 is 1.03. The van der Waals surface area contributed by atoms with Crippen LogP contribution in [0.25, 0.3) is 10.1 Å². The summed E-state index contributed by atoms with van der Waals surface area (Å²) in [5.74, 6) is 0.323. The molecule has 23 heavy (non-hydrogen) atoms. The van der Waals surface area contributed by atoms with E-state index in [1.165, 1.54) is 11.3 Å². The fourth-order valence-corrected chi connectivity index (χ4v) is 4.62. The quantitative estimate of drug-likeness (QED) is 0.683. The maximum absolute atomic E-state index is 12.3. The number of hydrogen-bond acceptors (Lipinski definition) is 4. The lowest BCUT2D eigenvalue weighted by Crippen LogP contribution is -2.25. The molecule has 2 aromatic heterocycles. The zero-order valence-electron chi connectivity index (χ0n) is 12.9. The number of hydrogen-bond donors (Lipinski definition) is 1. The summed E-state index contributed by atoms with van der Waals surface area (Å²) in [6, 6.07) is 7.79. The van der Waals surface area contributed by atoms with Crippen LogP contribution in [-0.2, 0) is 6.42 Å². The molecular weight excluding hydrogens is 348 g/mol. The third-order valence-electron chi connectivity index (χ3n) is 3.53. The number of benzene rings is 1. The number of carbonyl (C=O) groups is 1. The molecule has 3 aromatic rings. The number of halogens is 1. The summed E-state index contributed by atoms with van der Waals surface area (Å²) in [6.07, 6.45) is 0.742. The van der Waals surface area contributed by atoms with Crippen molar-refractivity contribution in [1.82, 2.24) is 10.3 Å². The first-order valence-corrected chi connectivity index (χ1v) is 9.53. The molecule has 0 fully saturated rings. The largest absolute Gasteiger partial charge is 0.351 e. The molecule has 3 nitrogen and oxygen atoms in total. The Morgan fingerprint density at radius 1 is 1.35 bits per heavy atom. The van der Waals surface area contributed by atoms with Crippen LogP contribution in [0.3, 0.4) is 0 Å². The van der Waals surface area contributed by atoms with Crippen molar-refractivity contribution in [1.29, 1.82) is 0 Å². The minimum Gasteiger partial charge on any atom is -0.351 e. The average molecular weight is 365 g/mol. The molecule has 0 aliphatic heterocycles. The number of carbonyl (C=O) groups excluding carboxylic acids is 1. The Hall–Kier alpha value is -1.43. The molecule has 0 aliphatic rings. The number of thiazole rings is 1. The van der Waals surface area contributed by atoms with Gasteiger partial charge in [-0.05, 0) is 12.0 Å². The summed E-state index contributed by atoms with van der Waals surface area (Å²) >= 11 is 9.40. The summed E-state index contributed by atoms with van der Waals surface area (Å²) in [6.45, 7) is 4.82. The monoisotopic (exact) mass is 364 g/mol. The number of aromatic nitrogens is 1. The van der Waals surface area contributed by atoms with Crippen LogP contribution in [0.1, 0.15) is 40.1 Å². The molecule has 3 rings (SSSR count). The molecular formula is C17H17ClN2OS2. The van der Waals surface area contributed by atoms with E-state index < -0.39 is 0 Å². The number of nitrogens with one attached hydrogen (secondary N) is 1. The van der Waals surface area contributed by atoms with Gasteiger partial charge < -0.3 is 5.32 Å². The molecule has 0 spiro atoms. The zero-order chi connectivity index (χ0) is 16.4. The molecule has 0 saturated carbocycles. The van der Waals surface area contributed by atoms with Gasteiger partial charge in [-0.25, -0.2) is 4.98 Å². The first kappa shape index (κ1) is 16.4. The molecule has 6 heteroatoms. The highest BCUT2D eigenvalue weighted by molar-refractivity contribution is 7.21. The SMILES string of the molecule is CC(C)c1csc(CCNC(=O)c2sc3ccccc3c2Cl)n1. The van der Waals surface area contributed by atoms with E-state index in [2.05, 4.69) is 29.5 Å². The minimum absolute atomic E-state index is 0.114. The van der Waals surface area contributed by atoms with Crippen LogP contribution in [-0.4, -0.2) is 17.4 Å². The summed E-state index contributed by atoms with van der Waals surface area (Å²) in [5.41, 5.74) is 1.11. The van der Waals surface area contributed by atoms with E-state index in [9.17, 15) is 4.79 Å². The molecule has 120 valence electrons. The highest BCUT2D eigenvalue weighted by Gasteiger charge is 2.16. The second-order valence-electron chi connectivity index (χ2n) is 5.57. The van der Waals surface area contributed by atoms with Crippen molar-refractivity contribution in [2.45, 2.75) is 26.2 Å². The lowest BCUT2D eigenvalue weighted by Gasteiger charge is -2.02. The third kappa shape index (κ3) is 3.57. The zero-order valence-corrected chi connectivity index (χ0v) is 15.3. The maximum atomic E-state index is 12.3. The van der Waals surface area contributed by atoms with Gasteiger partial charge in [0, 0.05) is 28.4 Å². The van der Waals surface area contributed by atoms with Crippen LogP contribution in [0.4, 0.5) is 0 Å². The van der Waals surface area contributed by atoms with Gasteiger partial charge in [0.1, 0.15) is 4.88 Å². The van der Waals surface area contributed by atoms with Crippen molar-refractivity contribution >= 4 is 50.3 Å². The summed E-state index contributed by atoms with van der Waals surface area (Å²) in [4.78, 5) is 17.5.